The number of rotatable bonds is 4. The Morgan fingerprint density at radius 2 is 2.27 bits per heavy atom. The standard InChI is InChI=1S/C11H14BrNO2/c1-3-13(8(2)11(14)15)10-6-4-5-9(12)7-10/h4-8H,3H2,1-2H3,(H,14,15)/t8-/m0/s1. The number of halogens is 1. The first-order chi connectivity index (χ1) is 7.06. The van der Waals surface area contributed by atoms with Gasteiger partial charge in [-0.1, -0.05) is 22.0 Å². The minimum Gasteiger partial charge on any atom is -0.480 e. The van der Waals surface area contributed by atoms with Gasteiger partial charge < -0.3 is 10.0 Å². The zero-order chi connectivity index (χ0) is 11.4. The molecule has 0 aliphatic heterocycles. The van der Waals surface area contributed by atoms with Crippen molar-refractivity contribution in [2.75, 3.05) is 11.4 Å². The van der Waals surface area contributed by atoms with E-state index in [1.54, 1.807) is 6.92 Å². The fourth-order valence-electron chi connectivity index (χ4n) is 1.47. The van der Waals surface area contributed by atoms with Crippen LogP contribution >= 0.6 is 15.9 Å². The van der Waals surface area contributed by atoms with Gasteiger partial charge >= 0.3 is 5.97 Å². The molecule has 0 aliphatic rings. The Labute approximate surface area is 97.8 Å². The van der Waals surface area contributed by atoms with Gasteiger partial charge in [-0.15, -0.1) is 0 Å². The zero-order valence-electron chi connectivity index (χ0n) is 8.77. The number of carboxylic acid groups (broad SMARTS) is 1. The van der Waals surface area contributed by atoms with Crippen molar-refractivity contribution in [1.29, 1.82) is 0 Å². The summed E-state index contributed by atoms with van der Waals surface area (Å²) >= 11 is 3.37. The molecule has 0 fully saturated rings. The summed E-state index contributed by atoms with van der Waals surface area (Å²) < 4.78 is 0.955. The van der Waals surface area contributed by atoms with E-state index in [2.05, 4.69) is 15.9 Å². The molecule has 0 bridgehead atoms. The lowest BCUT2D eigenvalue weighted by Crippen LogP contribution is -2.38. The number of likely N-dealkylation sites (N-methyl/N-ethyl adjacent to an activating group) is 1. The molecule has 4 heteroatoms. The largest absolute Gasteiger partial charge is 0.480 e. The van der Waals surface area contributed by atoms with Gasteiger partial charge in [0.15, 0.2) is 0 Å². The highest BCUT2D eigenvalue weighted by Gasteiger charge is 2.19. The minimum atomic E-state index is -0.808. The summed E-state index contributed by atoms with van der Waals surface area (Å²) in [5, 5.41) is 8.96. The maximum Gasteiger partial charge on any atom is 0.326 e. The number of anilines is 1. The number of carbonyl (C=O) groups is 1. The first-order valence-electron chi connectivity index (χ1n) is 4.81. The van der Waals surface area contributed by atoms with Crippen molar-refractivity contribution < 1.29 is 9.90 Å². The van der Waals surface area contributed by atoms with Crippen LogP contribution in [0.2, 0.25) is 0 Å². The van der Waals surface area contributed by atoms with Crippen molar-refractivity contribution in [3.05, 3.63) is 28.7 Å². The Morgan fingerprint density at radius 1 is 1.60 bits per heavy atom. The summed E-state index contributed by atoms with van der Waals surface area (Å²) in [7, 11) is 0. The third-order valence-electron chi connectivity index (χ3n) is 2.31. The van der Waals surface area contributed by atoms with E-state index in [1.807, 2.05) is 36.1 Å². The van der Waals surface area contributed by atoms with Crippen LogP contribution < -0.4 is 4.90 Å². The molecule has 0 aromatic heterocycles. The molecule has 1 N–H and O–H groups in total. The molecule has 15 heavy (non-hydrogen) atoms. The molecule has 1 aromatic rings. The van der Waals surface area contributed by atoms with Crippen molar-refractivity contribution in [2.24, 2.45) is 0 Å². The molecular weight excluding hydrogens is 258 g/mol. The number of hydrogen-bond donors (Lipinski definition) is 1. The van der Waals surface area contributed by atoms with Crippen molar-refractivity contribution in [1.82, 2.24) is 0 Å². The molecule has 3 nitrogen and oxygen atoms in total. The average molecular weight is 272 g/mol. The molecule has 0 saturated heterocycles. The Bertz CT molecular complexity index is 354. The van der Waals surface area contributed by atoms with Crippen LogP contribution in [0.25, 0.3) is 0 Å². The Morgan fingerprint density at radius 3 is 2.73 bits per heavy atom. The van der Waals surface area contributed by atoms with Gasteiger partial charge in [0.05, 0.1) is 0 Å². The van der Waals surface area contributed by atoms with E-state index < -0.39 is 12.0 Å². The lowest BCUT2D eigenvalue weighted by molar-refractivity contribution is -0.138. The number of aliphatic carboxylic acids is 1. The Kier molecular flexibility index (Phi) is 4.15. The lowest BCUT2D eigenvalue weighted by Gasteiger charge is -2.27. The van der Waals surface area contributed by atoms with Gasteiger partial charge in [0, 0.05) is 16.7 Å². The topological polar surface area (TPSA) is 40.5 Å². The summed E-state index contributed by atoms with van der Waals surface area (Å²) in [6.07, 6.45) is 0. The summed E-state index contributed by atoms with van der Waals surface area (Å²) in [4.78, 5) is 12.7. The van der Waals surface area contributed by atoms with Gasteiger partial charge in [-0.2, -0.15) is 0 Å². The van der Waals surface area contributed by atoms with Gasteiger partial charge in [-0.05, 0) is 32.0 Å². The maximum absolute atomic E-state index is 10.9. The first kappa shape index (κ1) is 12.0. The molecule has 0 aliphatic carbocycles. The molecule has 0 unspecified atom stereocenters. The van der Waals surface area contributed by atoms with Crippen LogP contribution in [0.3, 0.4) is 0 Å². The molecule has 82 valence electrons. The Balaban J connectivity index is 2.97. The van der Waals surface area contributed by atoms with Crippen LogP contribution in [-0.2, 0) is 4.79 Å². The highest BCUT2D eigenvalue weighted by molar-refractivity contribution is 9.10. The SMILES string of the molecule is CCN(c1cccc(Br)c1)[C@@H](C)C(=O)O. The molecule has 1 aromatic carbocycles. The third-order valence-corrected chi connectivity index (χ3v) is 2.80. The van der Waals surface area contributed by atoms with Crippen molar-refractivity contribution in [3.8, 4) is 0 Å². The zero-order valence-corrected chi connectivity index (χ0v) is 10.4. The summed E-state index contributed by atoms with van der Waals surface area (Å²) in [5.74, 6) is -0.808. The summed E-state index contributed by atoms with van der Waals surface area (Å²) in [5.41, 5.74) is 0.918. The monoisotopic (exact) mass is 271 g/mol. The fraction of sp³-hybridized carbons (Fsp3) is 0.364. The lowest BCUT2D eigenvalue weighted by atomic mass is 10.2. The normalized spacial score (nSPS) is 12.2. The molecule has 1 rings (SSSR count). The second-order valence-corrected chi connectivity index (χ2v) is 4.20. The molecule has 1 atom stereocenters. The highest BCUT2D eigenvalue weighted by atomic mass is 79.9. The molecule has 0 spiro atoms. The van der Waals surface area contributed by atoms with Gasteiger partial charge in [0.25, 0.3) is 0 Å². The molecule has 0 heterocycles. The van der Waals surface area contributed by atoms with Crippen LogP contribution in [0.5, 0.6) is 0 Å². The van der Waals surface area contributed by atoms with E-state index in [1.165, 1.54) is 0 Å². The fourth-order valence-corrected chi connectivity index (χ4v) is 1.86. The van der Waals surface area contributed by atoms with Gasteiger partial charge in [0.2, 0.25) is 0 Å². The van der Waals surface area contributed by atoms with Gasteiger partial charge in [0.1, 0.15) is 6.04 Å². The van der Waals surface area contributed by atoms with Crippen LogP contribution in [-0.4, -0.2) is 23.7 Å². The molecular formula is C11H14BrNO2. The molecule has 0 saturated carbocycles. The quantitative estimate of drug-likeness (QED) is 0.916. The van der Waals surface area contributed by atoms with Crippen molar-refractivity contribution in [2.45, 2.75) is 19.9 Å². The van der Waals surface area contributed by atoms with E-state index in [0.29, 0.717) is 6.54 Å². The second kappa shape index (κ2) is 5.16. The van der Waals surface area contributed by atoms with Gasteiger partial charge in [-0.3, -0.25) is 0 Å². The van der Waals surface area contributed by atoms with Crippen LogP contribution in [0.4, 0.5) is 5.69 Å². The summed E-state index contributed by atoms with van der Waals surface area (Å²) in [6, 6.07) is 7.14. The molecule has 0 radical (unpaired) electrons. The molecule has 0 amide bonds. The number of hydrogen-bond acceptors (Lipinski definition) is 2. The predicted molar refractivity (Wildman–Crippen MR) is 64.3 cm³/mol. The third kappa shape index (κ3) is 2.96. The van der Waals surface area contributed by atoms with E-state index in [-0.39, 0.29) is 0 Å². The van der Waals surface area contributed by atoms with E-state index >= 15 is 0 Å². The van der Waals surface area contributed by atoms with Crippen LogP contribution in [0.15, 0.2) is 28.7 Å². The number of nitrogens with zero attached hydrogens (tertiary/aromatic N) is 1. The highest BCUT2D eigenvalue weighted by Crippen LogP contribution is 2.21. The predicted octanol–water partition coefficient (Wildman–Crippen LogP) is 2.75. The minimum absolute atomic E-state index is 0.510. The van der Waals surface area contributed by atoms with Gasteiger partial charge in [-0.25, -0.2) is 4.79 Å². The average Bonchev–Trinajstić information content (AvgIpc) is 2.18. The van der Waals surface area contributed by atoms with Crippen molar-refractivity contribution >= 4 is 27.6 Å². The van der Waals surface area contributed by atoms with E-state index in [9.17, 15) is 4.79 Å². The van der Waals surface area contributed by atoms with Crippen LogP contribution in [0.1, 0.15) is 13.8 Å². The van der Waals surface area contributed by atoms with E-state index in [4.69, 9.17) is 5.11 Å². The van der Waals surface area contributed by atoms with E-state index in [0.717, 1.165) is 10.2 Å². The second-order valence-electron chi connectivity index (χ2n) is 3.28. The number of carboxylic acids is 1. The Hall–Kier alpha value is -1.03. The van der Waals surface area contributed by atoms with Crippen molar-refractivity contribution in [3.63, 3.8) is 0 Å². The maximum atomic E-state index is 10.9. The summed E-state index contributed by atoms with van der Waals surface area (Å²) in [6.45, 7) is 4.30. The smallest absolute Gasteiger partial charge is 0.326 e. The number of benzene rings is 1. The van der Waals surface area contributed by atoms with Crippen LogP contribution in [0, 0.1) is 0 Å². The first-order valence-corrected chi connectivity index (χ1v) is 5.60.